The van der Waals surface area contributed by atoms with Crippen LogP contribution in [0.1, 0.15) is 38.5 Å². The second kappa shape index (κ2) is 9.39. The molecule has 110 valence electrons. The van der Waals surface area contributed by atoms with Crippen LogP contribution in [0.2, 0.25) is 0 Å². The molecule has 1 atom stereocenters. The van der Waals surface area contributed by atoms with E-state index in [1.165, 1.54) is 0 Å². The Bertz CT molecular complexity index is 228. The number of hydrogen-bond donors (Lipinski definition) is 0. The molecule has 0 aromatic carbocycles. The molecule has 0 amide bonds. The molecule has 0 saturated heterocycles. The van der Waals surface area contributed by atoms with Gasteiger partial charge in [-0.15, -0.1) is 0 Å². The Hall–Kier alpha value is 0.440. The van der Waals surface area contributed by atoms with Crippen molar-refractivity contribution < 1.29 is 64.7 Å². The van der Waals surface area contributed by atoms with Gasteiger partial charge in [0, 0.05) is 6.42 Å². The molecular weight excluding hydrogens is 295 g/mol. The van der Waals surface area contributed by atoms with E-state index in [-0.39, 0.29) is 55.2 Å². The third-order valence-electron chi connectivity index (χ3n) is 2.31. The number of halogens is 8. The van der Waals surface area contributed by atoms with Gasteiger partial charge in [0.15, 0.2) is 0 Å². The minimum Gasteiger partial charge on any atom is -0.415 e. The van der Waals surface area contributed by atoms with Gasteiger partial charge in [0.25, 0.3) is 0 Å². The molecule has 0 fully saturated rings. The summed E-state index contributed by atoms with van der Waals surface area (Å²) in [6.07, 6.45) is -12.5. The fourth-order valence-electron chi connectivity index (χ4n) is 1.30. The first-order chi connectivity index (χ1) is 8.07. The van der Waals surface area contributed by atoms with Gasteiger partial charge < -0.3 is 8.78 Å². The van der Waals surface area contributed by atoms with Crippen LogP contribution in [0.25, 0.3) is 0 Å². The number of unbranched alkanes of at least 4 members (excludes halogenated alkanes) is 3. The largest absolute Gasteiger partial charge is 1.00 e. The molecule has 0 heterocycles. The Kier molecular flexibility index (Phi) is 10.7. The van der Waals surface area contributed by atoms with Crippen LogP contribution in [0, 0.1) is 6.43 Å². The van der Waals surface area contributed by atoms with E-state index in [1.54, 1.807) is 0 Å². The van der Waals surface area contributed by atoms with Crippen molar-refractivity contribution >= 4 is 0 Å². The Labute approximate surface area is 128 Å². The quantitative estimate of drug-likeness (QED) is 0.279. The SMILES string of the molecule is F[C-](F)C(F)(F)C(F)CCCCCCC(F)(F)F.[Na+]. The van der Waals surface area contributed by atoms with Crippen LogP contribution in [0.5, 0.6) is 0 Å². The van der Waals surface area contributed by atoms with E-state index >= 15 is 0 Å². The molecule has 0 rings (SSSR count). The topological polar surface area (TPSA) is 0 Å². The maximum atomic E-state index is 12.7. The van der Waals surface area contributed by atoms with Crippen molar-refractivity contribution in [2.24, 2.45) is 0 Å². The summed E-state index contributed by atoms with van der Waals surface area (Å²) in [6.45, 7) is 0. The molecule has 0 radical (unpaired) electrons. The Morgan fingerprint density at radius 3 is 1.74 bits per heavy atom. The van der Waals surface area contributed by atoms with E-state index < -0.39 is 37.5 Å². The van der Waals surface area contributed by atoms with Crippen LogP contribution in [0.15, 0.2) is 0 Å². The summed E-state index contributed by atoms with van der Waals surface area (Å²) in [6, 6.07) is 0. The van der Waals surface area contributed by atoms with Gasteiger partial charge in [0.2, 0.25) is 5.92 Å². The van der Waals surface area contributed by atoms with Gasteiger partial charge >= 0.3 is 35.7 Å². The predicted molar refractivity (Wildman–Crippen MR) is 49.1 cm³/mol. The third-order valence-corrected chi connectivity index (χ3v) is 2.31. The molecule has 0 aliphatic rings. The molecule has 0 aliphatic heterocycles. The predicted octanol–water partition coefficient (Wildman–Crippen LogP) is 2.30. The molecule has 19 heavy (non-hydrogen) atoms. The van der Waals surface area contributed by atoms with E-state index in [4.69, 9.17) is 0 Å². The van der Waals surface area contributed by atoms with Crippen molar-refractivity contribution in [1.82, 2.24) is 0 Å². The van der Waals surface area contributed by atoms with Crippen molar-refractivity contribution in [3.05, 3.63) is 6.43 Å². The van der Waals surface area contributed by atoms with Crippen LogP contribution < -0.4 is 29.6 Å². The Balaban J connectivity index is 0. The second-order valence-electron chi connectivity index (χ2n) is 3.92. The van der Waals surface area contributed by atoms with Crippen LogP contribution in [0.4, 0.5) is 35.1 Å². The van der Waals surface area contributed by atoms with Crippen molar-refractivity contribution in [2.45, 2.75) is 56.8 Å². The monoisotopic (exact) mass is 308 g/mol. The number of alkyl halides is 6. The van der Waals surface area contributed by atoms with Crippen molar-refractivity contribution in [3.8, 4) is 0 Å². The molecule has 0 N–H and O–H groups in total. The van der Waals surface area contributed by atoms with E-state index in [9.17, 15) is 35.1 Å². The normalized spacial score (nSPS) is 14.4. The minimum absolute atomic E-state index is 0. The van der Waals surface area contributed by atoms with Crippen LogP contribution >= 0.6 is 0 Å². The first-order valence-electron chi connectivity index (χ1n) is 5.34. The molecule has 0 nitrogen and oxygen atoms in total. The summed E-state index contributed by atoms with van der Waals surface area (Å²) in [5.74, 6) is -4.77. The number of rotatable bonds is 8. The average Bonchev–Trinajstić information content (AvgIpc) is 2.20. The average molecular weight is 308 g/mol. The summed E-state index contributed by atoms with van der Waals surface area (Å²) >= 11 is 0. The molecule has 0 aromatic heterocycles. The van der Waals surface area contributed by atoms with E-state index in [0.29, 0.717) is 0 Å². The van der Waals surface area contributed by atoms with Crippen molar-refractivity contribution in [2.75, 3.05) is 0 Å². The van der Waals surface area contributed by atoms with Gasteiger partial charge in [-0.25, -0.2) is 13.2 Å². The van der Waals surface area contributed by atoms with Crippen LogP contribution in [-0.4, -0.2) is 18.3 Å². The zero-order valence-electron chi connectivity index (χ0n) is 10.3. The van der Waals surface area contributed by atoms with Gasteiger partial charge in [-0.2, -0.15) is 13.2 Å². The molecule has 0 saturated carbocycles. The fourth-order valence-corrected chi connectivity index (χ4v) is 1.30. The van der Waals surface area contributed by atoms with E-state index in [2.05, 4.69) is 0 Å². The summed E-state index contributed by atoms with van der Waals surface area (Å²) in [4.78, 5) is 0. The summed E-state index contributed by atoms with van der Waals surface area (Å²) in [5, 5.41) is 0. The van der Waals surface area contributed by atoms with E-state index in [1.807, 2.05) is 0 Å². The number of hydrogen-bond acceptors (Lipinski definition) is 0. The standard InChI is InChI=1S/C10H13F8.Na/c11-7(10(17,18)8(12)13)5-3-1-2-4-6-9(14,15)16;/h7H,1-6H2;/q-1;+1. The van der Waals surface area contributed by atoms with Crippen molar-refractivity contribution in [1.29, 1.82) is 0 Å². The van der Waals surface area contributed by atoms with Crippen LogP contribution in [0.3, 0.4) is 0 Å². The van der Waals surface area contributed by atoms with Gasteiger partial charge in [0.05, 0.1) is 6.43 Å². The molecule has 0 bridgehead atoms. The first kappa shape index (κ1) is 21.7. The molecule has 9 heteroatoms. The maximum absolute atomic E-state index is 12.7. The zero-order valence-corrected chi connectivity index (χ0v) is 12.3. The fraction of sp³-hybridized carbons (Fsp3) is 0.900. The summed E-state index contributed by atoms with van der Waals surface area (Å²) in [5.41, 5.74) is 0. The van der Waals surface area contributed by atoms with Crippen LogP contribution in [-0.2, 0) is 0 Å². The Morgan fingerprint density at radius 2 is 1.32 bits per heavy atom. The third kappa shape index (κ3) is 9.90. The molecule has 1 unspecified atom stereocenters. The summed E-state index contributed by atoms with van der Waals surface area (Å²) < 4.78 is 95.8. The van der Waals surface area contributed by atoms with E-state index in [0.717, 1.165) is 0 Å². The first-order valence-corrected chi connectivity index (χ1v) is 5.34. The van der Waals surface area contributed by atoms with Gasteiger partial charge in [0.1, 0.15) is 6.17 Å². The molecule has 0 aliphatic carbocycles. The Morgan fingerprint density at radius 1 is 0.842 bits per heavy atom. The molecular formula is C10H13F8Na. The minimum atomic E-state index is -4.77. The zero-order chi connectivity index (χ0) is 14.4. The summed E-state index contributed by atoms with van der Waals surface area (Å²) in [7, 11) is 0. The maximum Gasteiger partial charge on any atom is 1.00 e. The van der Waals surface area contributed by atoms with Gasteiger partial charge in [-0.1, -0.05) is 19.3 Å². The van der Waals surface area contributed by atoms with Gasteiger partial charge in [-0.3, -0.25) is 0 Å². The smallest absolute Gasteiger partial charge is 0.415 e. The second-order valence-corrected chi connectivity index (χ2v) is 3.92. The van der Waals surface area contributed by atoms with Crippen molar-refractivity contribution in [3.63, 3.8) is 0 Å². The van der Waals surface area contributed by atoms with Gasteiger partial charge in [-0.05, 0) is 12.8 Å². The molecule has 0 spiro atoms. The molecule has 0 aromatic rings.